The van der Waals surface area contributed by atoms with E-state index in [0.717, 1.165) is 37.7 Å². The van der Waals surface area contributed by atoms with Crippen LogP contribution in [0.3, 0.4) is 0 Å². The Hall–Kier alpha value is -0.890. The molecule has 1 aromatic rings. The van der Waals surface area contributed by atoms with Crippen molar-refractivity contribution < 1.29 is 0 Å². The molecular weight excluding hydrogens is 449 g/mol. The van der Waals surface area contributed by atoms with Crippen LogP contribution in [0.25, 0.3) is 0 Å². The predicted molar refractivity (Wildman–Crippen MR) is 126 cm³/mol. The molecule has 0 aliphatic carbocycles. The minimum absolute atomic E-state index is 0. The first-order valence-electron chi connectivity index (χ1n) is 10.4. The molecule has 0 amide bonds. The Morgan fingerprint density at radius 3 is 2.48 bits per heavy atom. The highest BCUT2D eigenvalue weighted by atomic mass is 127. The van der Waals surface area contributed by atoms with Crippen molar-refractivity contribution >= 4 is 29.9 Å². The maximum Gasteiger partial charge on any atom is 0.191 e. The van der Waals surface area contributed by atoms with E-state index in [-0.39, 0.29) is 24.0 Å². The molecule has 0 radical (unpaired) electrons. The smallest absolute Gasteiger partial charge is 0.191 e. The van der Waals surface area contributed by atoms with E-state index >= 15 is 0 Å². The number of nitrogens with one attached hydrogen (secondary N) is 2. The predicted octanol–water partition coefficient (Wildman–Crippen LogP) is 3.70. The van der Waals surface area contributed by atoms with Crippen molar-refractivity contribution in [2.45, 2.75) is 58.9 Å². The van der Waals surface area contributed by atoms with Crippen LogP contribution < -0.4 is 10.6 Å². The SMILES string of the molecule is CCNC(=NCC(C(C)C)N1CCCCCC1)NCCc1ccccn1.I. The molecule has 1 aromatic heterocycles. The lowest BCUT2D eigenvalue weighted by molar-refractivity contribution is 0.166. The lowest BCUT2D eigenvalue weighted by Crippen LogP contribution is -2.44. The standard InChI is InChI=1S/C21H37N5.HI/c1-4-22-21(24-14-12-19-11-7-8-13-23-19)25-17-20(18(2)3)26-15-9-5-6-10-16-26;/h7-8,11,13,18,20H,4-6,9-10,12,14-17H2,1-3H3,(H2,22,24,25);1H. The van der Waals surface area contributed by atoms with Gasteiger partial charge in [-0.15, -0.1) is 24.0 Å². The van der Waals surface area contributed by atoms with Gasteiger partial charge in [0.1, 0.15) is 0 Å². The van der Waals surface area contributed by atoms with Gasteiger partial charge in [0, 0.05) is 37.4 Å². The third-order valence-corrected chi connectivity index (χ3v) is 5.06. The lowest BCUT2D eigenvalue weighted by atomic mass is 10.0. The zero-order chi connectivity index (χ0) is 18.6. The second-order valence-electron chi connectivity index (χ2n) is 7.48. The number of hydrogen-bond donors (Lipinski definition) is 2. The van der Waals surface area contributed by atoms with Gasteiger partial charge in [0.2, 0.25) is 0 Å². The number of guanidine groups is 1. The van der Waals surface area contributed by atoms with E-state index < -0.39 is 0 Å². The summed E-state index contributed by atoms with van der Waals surface area (Å²) in [6, 6.07) is 6.59. The van der Waals surface area contributed by atoms with E-state index in [2.05, 4.69) is 47.4 Å². The van der Waals surface area contributed by atoms with Crippen LogP contribution in [0.5, 0.6) is 0 Å². The first-order valence-corrected chi connectivity index (χ1v) is 10.4. The number of rotatable bonds is 8. The highest BCUT2D eigenvalue weighted by Crippen LogP contribution is 2.17. The number of pyridine rings is 1. The fourth-order valence-corrected chi connectivity index (χ4v) is 3.56. The number of likely N-dealkylation sites (tertiary alicyclic amines) is 1. The molecule has 0 spiro atoms. The lowest BCUT2D eigenvalue weighted by Gasteiger charge is -2.32. The third-order valence-electron chi connectivity index (χ3n) is 5.06. The minimum Gasteiger partial charge on any atom is -0.357 e. The summed E-state index contributed by atoms with van der Waals surface area (Å²) in [7, 11) is 0. The first-order chi connectivity index (χ1) is 12.7. The Kier molecular flexibility index (Phi) is 12.7. The molecule has 0 bridgehead atoms. The third kappa shape index (κ3) is 9.23. The van der Waals surface area contributed by atoms with E-state index in [4.69, 9.17) is 4.99 Å². The zero-order valence-electron chi connectivity index (χ0n) is 17.3. The molecule has 5 nitrogen and oxygen atoms in total. The topological polar surface area (TPSA) is 52.6 Å². The largest absolute Gasteiger partial charge is 0.357 e. The van der Waals surface area contributed by atoms with Crippen LogP contribution in [0, 0.1) is 5.92 Å². The molecular formula is C21H38IN5. The summed E-state index contributed by atoms with van der Waals surface area (Å²) in [6.45, 7) is 11.8. The van der Waals surface area contributed by atoms with Crippen molar-refractivity contribution in [2.24, 2.45) is 10.9 Å². The molecule has 1 fully saturated rings. The molecule has 154 valence electrons. The van der Waals surface area contributed by atoms with Crippen LogP contribution in [-0.2, 0) is 6.42 Å². The molecule has 1 atom stereocenters. The Labute approximate surface area is 182 Å². The second kappa shape index (κ2) is 14.2. The highest BCUT2D eigenvalue weighted by molar-refractivity contribution is 14.0. The molecule has 2 N–H and O–H groups in total. The van der Waals surface area contributed by atoms with Gasteiger partial charge in [-0.05, 0) is 50.9 Å². The average Bonchev–Trinajstić information content (AvgIpc) is 2.92. The molecule has 1 saturated heterocycles. The summed E-state index contributed by atoms with van der Waals surface area (Å²) in [5, 5.41) is 6.84. The van der Waals surface area contributed by atoms with Crippen molar-refractivity contribution in [1.29, 1.82) is 0 Å². The van der Waals surface area contributed by atoms with Crippen molar-refractivity contribution in [2.75, 3.05) is 32.7 Å². The Bertz CT molecular complexity index is 513. The monoisotopic (exact) mass is 487 g/mol. The molecule has 0 saturated carbocycles. The summed E-state index contributed by atoms with van der Waals surface area (Å²) in [6.07, 6.45) is 8.17. The van der Waals surface area contributed by atoms with Crippen LogP contribution in [-0.4, -0.2) is 54.6 Å². The van der Waals surface area contributed by atoms with Gasteiger partial charge in [-0.3, -0.25) is 14.9 Å². The molecule has 1 aliphatic heterocycles. The van der Waals surface area contributed by atoms with Crippen LogP contribution >= 0.6 is 24.0 Å². The maximum absolute atomic E-state index is 4.90. The van der Waals surface area contributed by atoms with Gasteiger partial charge >= 0.3 is 0 Å². The number of aromatic nitrogens is 1. The van der Waals surface area contributed by atoms with Crippen molar-refractivity contribution in [3.63, 3.8) is 0 Å². The van der Waals surface area contributed by atoms with Crippen molar-refractivity contribution in [3.8, 4) is 0 Å². The van der Waals surface area contributed by atoms with Gasteiger partial charge in [0.05, 0.1) is 6.54 Å². The van der Waals surface area contributed by atoms with E-state index in [1.54, 1.807) is 0 Å². The normalized spacial score (nSPS) is 17.1. The summed E-state index contributed by atoms with van der Waals surface area (Å²) in [5.74, 6) is 1.54. The fraction of sp³-hybridized carbons (Fsp3) is 0.714. The van der Waals surface area contributed by atoms with Gasteiger partial charge < -0.3 is 10.6 Å². The van der Waals surface area contributed by atoms with Crippen molar-refractivity contribution in [1.82, 2.24) is 20.5 Å². The average molecular weight is 487 g/mol. The zero-order valence-corrected chi connectivity index (χ0v) is 19.6. The highest BCUT2D eigenvalue weighted by Gasteiger charge is 2.22. The molecule has 6 heteroatoms. The molecule has 2 rings (SSSR count). The quantitative estimate of drug-likeness (QED) is 0.334. The Morgan fingerprint density at radius 2 is 1.89 bits per heavy atom. The van der Waals surface area contributed by atoms with Gasteiger partial charge in [-0.25, -0.2) is 0 Å². The maximum atomic E-state index is 4.90. The van der Waals surface area contributed by atoms with E-state index in [1.807, 2.05) is 18.3 Å². The molecule has 2 heterocycles. The number of aliphatic imine (C=N–C) groups is 1. The van der Waals surface area contributed by atoms with Crippen LogP contribution in [0.1, 0.15) is 52.1 Å². The molecule has 1 unspecified atom stereocenters. The molecule has 1 aliphatic rings. The summed E-state index contributed by atoms with van der Waals surface area (Å²) >= 11 is 0. The molecule has 0 aromatic carbocycles. The summed E-state index contributed by atoms with van der Waals surface area (Å²) in [5.41, 5.74) is 1.11. The van der Waals surface area contributed by atoms with Crippen LogP contribution in [0.15, 0.2) is 29.4 Å². The van der Waals surface area contributed by atoms with Gasteiger partial charge in [0.25, 0.3) is 0 Å². The Balaban J connectivity index is 0.00000364. The number of hydrogen-bond acceptors (Lipinski definition) is 3. The van der Waals surface area contributed by atoms with E-state index in [9.17, 15) is 0 Å². The summed E-state index contributed by atoms with van der Waals surface area (Å²) < 4.78 is 0. The summed E-state index contributed by atoms with van der Waals surface area (Å²) in [4.78, 5) is 12.0. The number of nitrogens with zero attached hydrogens (tertiary/aromatic N) is 3. The van der Waals surface area contributed by atoms with Gasteiger partial charge in [-0.2, -0.15) is 0 Å². The van der Waals surface area contributed by atoms with Crippen LogP contribution in [0.4, 0.5) is 0 Å². The first kappa shape index (κ1) is 24.1. The fourth-order valence-electron chi connectivity index (χ4n) is 3.56. The van der Waals surface area contributed by atoms with Gasteiger partial charge in [0.15, 0.2) is 5.96 Å². The number of halogens is 1. The second-order valence-corrected chi connectivity index (χ2v) is 7.48. The Morgan fingerprint density at radius 1 is 1.15 bits per heavy atom. The van der Waals surface area contributed by atoms with Crippen LogP contribution in [0.2, 0.25) is 0 Å². The van der Waals surface area contributed by atoms with E-state index in [0.29, 0.717) is 12.0 Å². The molecule has 27 heavy (non-hydrogen) atoms. The minimum atomic E-state index is 0. The van der Waals surface area contributed by atoms with Gasteiger partial charge in [-0.1, -0.05) is 32.8 Å². The van der Waals surface area contributed by atoms with E-state index in [1.165, 1.54) is 38.8 Å². The van der Waals surface area contributed by atoms with Crippen molar-refractivity contribution in [3.05, 3.63) is 30.1 Å².